The van der Waals surface area contributed by atoms with Crippen LogP contribution in [0.1, 0.15) is 24.8 Å². The van der Waals surface area contributed by atoms with Gasteiger partial charge in [-0.3, -0.25) is 9.88 Å². The molecule has 0 unspecified atom stereocenters. The molecule has 0 radical (unpaired) electrons. The monoisotopic (exact) mass is 262 g/mol. The van der Waals surface area contributed by atoms with Crippen molar-refractivity contribution in [3.05, 3.63) is 30.1 Å². The zero-order chi connectivity index (χ0) is 13.1. The molecule has 4 heteroatoms. The number of aromatic nitrogens is 1. The van der Waals surface area contributed by atoms with Crippen molar-refractivity contribution in [2.24, 2.45) is 5.92 Å². The van der Waals surface area contributed by atoms with Gasteiger partial charge in [0.1, 0.15) is 0 Å². The van der Waals surface area contributed by atoms with Crippen LogP contribution in [0.15, 0.2) is 24.5 Å². The zero-order valence-corrected chi connectivity index (χ0v) is 11.2. The van der Waals surface area contributed by atoms with E-state index in [9.17, 15) is 5.11 Å². The van der Waals surface area contributed by atoms with Crippen molar-refractivity contribution in [1.29, 1.82) is 0 Å². The lowest BCUT2D eigenvalue weighted by Crippen LogP contribution is -2.50. The van der Waals surface area contributed by atoms with E-state index in [0.717, 1.165) is 45.6 Å². The lowest BCUT2D eigenvalue weighted by Gasteiger charge is -2.40. The first-order chi connectivity index (χ1) is 9.34. The predicted molar refractivity (Wildman–Crippen MR) is 72.6 cm³/mol. The fraction of sp³-hybridized carbons (Fsp3) is 0.667. The number of nitrogens with zero attached hydrogens (tertiary/aromatic N) is 2. The largest absolute Gasteiger partial charge is 0.393 e. The van der Waals surface area contributed by atoms with Crippen molar-refractivity contribution in [2.45, 2.75) is 38.0 Å². The van der Waals surface area contributed by atoms with Crippen molar-refractivity contribution in [2.75, 3.05) is 19.8 Å². The van der Waals surface area contributed by atoms with E-state index in [0.29, 0.717) is 12.0 Å². The number of pyridine rings is 1. The first kappa shape index (κ1) is 13.0. The van der Waals surface area contributed by atoms with Crippen molar-refractivity contribution >= 4 is 0 Å². The molecule has 3 rings (SSSR count). The average Bonchev–Trinajstić information content (AvgIpc) is 2.87. The molecule has 0 spiro atoms. The molecule has 1 saturated carbocycles. The second-order valence-electron chi connectivity index (χ2n) is 5.64. The van der Waals surface area contributed by atoms with Gasteiger partial charge in [-0.05, 0) is 24.5 Å². The number of hydrogen-bond acceptors (Lipinski definition) is 4. The van der Waals surface area contributed by atoms with Gasteiger partial charge in [-0.25, -0.2) is 0 Å². The van der Waals surface area contributed by atoms with Crippen LogP contribution in [0.4, 0.5) is 0 Å². The first-order valence-electron chi connectivity index (χ1n) is 7.23. The van der Waals surface area contributed by atoms with Crippen molar-refractivity contribution in [3.8, 4) is 0 Å². The van der Waals surface area contributed by atoms with Crippen LogP contribution in [0.3, 0.4) is 0 Å². The molecule has 1 N–H and O–H groups in total. The molecule has 104 valence electrons. The van der Waals surface area contributed by atoms with E-state index in [2.05, 4.69) is 16.0 Å². The van der Waals surface area contributed by atoms with E-state index < -0.39 is 0 Å². The molecule has 4 nitrogen and oxygen atoms in total. The third-order valence-corrected chi connectivity index (χ3v) is 4.41. The Bertz CT molecular complexity index is 398. The molecule has 2 aliphatic rings. The highest BCUT2D eigenvalue weighted by atomic mass is 16.5. The Kier molecular flexibility index (Phi) is 4.11. The minimum atomic E-state index is -0.150. The molecule has 1 aromatic rings. The average molecular weight is 262 g/mol. The molecule has 1 aliphatic carbocycles. The van der Waals surface area contributed by atoms with Crippen molar-refractivity contribution < 1.29 is 9.84 Å². The first-order valence-corrected chi connectivity index (χ1v) is 7.23. The van der Waals surface area contributed by atoms with Gasteiger partial charge in [-0.15, -0.1) is 0 Å². The van der Waals surface area contributed by atoms with Gasteiger partial charge >= 0.3 is 0 Å². The van der Waals surface area contributed by atoms with Crippen LogP contribution in [-0.4, -0.2) is 46.9 Å². The normalized spacial score (nSPS) is 32.6. The molecule has 2 fully saturated rings. The summed E-state index contributed by atoms with van der Waals surface area (Å²) in [4.78, 5) is 6.64. The summed E-state index contributed by atoms with van der Waals surface area (Å²) in [5, 5.41) is 10.1. The maximum atomic E-state index is 10.1. The van der Waals surface area contributed by atoms with Gasteiger partial charge in [0.15, 0.2) is 0 Å². The fourth-order valence-electron chi connectivity index (χ4n) is 3.39. The fourth-order valence-corrected chi connectivity index (χ4v) is 3.39. The Morgan fingerprint density at radius 3 is 3.11 bits per heavy atom. The van der Waals surface area contributed by atoms with Gasteiger partial charge in [0.2, 0.25) is 0 Å². The van der Waals surface area contributed by atoms with Crippen LogP contribution in [0.5, 0.6) is 0 Å². The van der Waals surface area contributed by atoms with Gasteiger partial charge < -0.3 is 9.84 Å². The highest BCUT2D eigenvalue weighted by molar-refractivity contribution is 5.09. The van der Waals surface area contributed by atoms with Crippen LogP contribution >= 0.6 is 0 Å². The Hall–Kier alpha value is -0.970. The molecular weight excluding hydrogens is 240 g/mol. The Labute approximate surface area is 114 Å². The van der Waals surface area contributed by atoms with E-state index >= 15 is 0 Å². The maximum absolute atomic E-state index is 10.1. The van der Waals surface area contributed by atoms with E-state index in [4.69, 9.17) is 4.74 Å². The van der Waals surface area contributed by atoms with Gasteiger partial charge in [0.25, 0.3) is 0 Å². The predicted octanol–water partition coefficient (Wildman–Crippen LogP) is 1.44. The zero-order valence-electron chi connectivity index (χ0n) is 11.2. The molecule has 0 amide bonds. The molecule has 19 heavy (non-hydrogen) atoms. The quantitative estimate of drug-likeness (QED) is 0.895. The number of aliphatic hydroxyl groups is 1. The lowest BCUT2D eigenvalue weighted by molar-refractivity contribution is -0.0536. The van der Waals surface area contributed by atoms with E-state index in [1.54, 1.807) is 6.20 Å². The second kappa shape index (κ2) is 5.99. The molecule has 3 atom stereocenters. The van der Waals surface area contributed by atoms with Gasteiger partial charge in [-0.2, -0.15) is 0 Å². The van der Waals surface area contributed by atoms with Crippen LogP contribution in [0.25, 0.3) is 0 Å². The number of ether oxygens (including phenoxy) is 1. The number of hydrogen-bond donors (Lipinski definition) is 1. The van der Waals surface area contributed by atoms with E-state index in [-0.39, 0.29) is 6.10 Å². The molecule has 1 aliphatic heterocycles. The maximum Gasteiger partial charge on any atom is 0.0626 e. The highest BCUT2D eigenvalue weighted by Gasteiger charge is 2.37. The van der Waals surface area contributed by atoms with Gasteiger partial charge in [0, 0.05) is 37.4 Å². The van der Waals surface area contributed by atoms with Crippen LogP contribution in [0, 0.1) is 5.92 Å². The smallest absolute Gasteiger partial charge is 0.0626 e. The van der Waals surface area contributed by atoms with Crippen LogP contribution in [0.2, 0.25) is 0 Å². The summed E-state index contributed by atoms with van der Waals surface area (Å²) in [6.45, 7) is 3.40. The Balaban J connectivity index is 1.70. The topological polar surface area (TPSA) is 45.6 Å². The van der Waals surface area contributed by atoms with Crippen LogP contribution in [-0.2, 0) is 11.3 Å². The summed E-state index contributed by atoms with van der Waals surface area (Å²) < 4.78 is 5.64. The summed E-state index contributed by atoms with van der Waals surface area (Å²) in [7, 11) is 0. The van der Waals surface area contributed by atoms with E-state index in [1.807, 2.05) is 12.3 Å². The van der Waals surface area contributed by atoms with Crippen LogP contribution < -0.4 is 0 Å². The molecule has 1 saturated heterocycles. The Morgan fingerprint density at radius 2 is 2.37 bits per heavy atom. The molecule has 0 bridgehead atoms. The summed E-state index contributed by atoms with van der Waals surface area (Å²) in [5.74, 6) is 0.372. The number of aliphatic hydroxyl groups excluding tert-OH is 1. The number of rotatable bonds is 3. The molecule has 1 aromatic heterocycles. The second-order valence-corrected chi connectivity index (χ2v) is 5.64. The summed E-state index contributed by atoms with van der Waals surface area (Å²) in [6, 6.07) is 4.45. The minimum Gasteiger partial charge on any atom is -0.393 e. The SMILES string of the molecule is O[C@@H]1CCC[C@@H]1[C@H]1COCCN1Cc1cccnc1. The lowest BCUT2D eigenvalue weighted by atomic mass is 9.94. The van der Waals surface area contributed by atoms with Crippen molar-refractivity contribution in [3.63, 3.8) is 0 Å². The van der Waals surface area contributed by atoms with Gasteiger partial charge in [-0.1, -0.05) is 12.5 Å². The molecule has 0 aromatic carbocycles. The van der Waals surface area contributed by atoms with E-state index in [1.165, 1.54) is 5.56 Å². The third-order valence-electron chi connectivity index (χ3n) is 4.41. The Morgan fingerprint density at radius 1 is 1.42 bits per heavy atom. The third kappa shape index (κ3) is 2.96. The summed E-state index contributed by atoms with van der Waals surface area (Å²) in [5.41, 5.74) is 1.24. The van der Waals surface area contributed by atoms with Gasteiger partial charge in [0.05, 0.1) is 19.3 Å². The molecular formula is C15H22N2O2. The summed E-state index contributed by atoms with van der Waals surface area (Å²) >= 11 is 0. The van der Waals surface area contributed by atoms with Crippen molar-refractivity contribution in [1.82, 2.24) is 9.88 Å². The number of morpholine rings is 1. The highest BCUT2D eigenvalue weighted by Crippen LogP contribution is 2.32. The summed E-state index contributed by atoms with van der Waals surface area (Å²) in [6.07, 6.45) is 6.80. The molecule has 2 heterocycles. The standard InChI is InChI=1S/C15H22N2O2/c18-15-5-1-4-13(15)14-11-19-8-7-17(14)10-12-3-2-6-16-9-12/h2-3,6,9,13-15,18H,1,4-5,7-8,10-11H2/t13-,14-,15-/m1/s1. The minimum absolute atomic E-state index is 0.150.